The maximum absolute atomic E-state index is 13.5. The number of hydrogen-bond donors (Lipinski definition) is 1. The van der Waals surface area contributed by atoms with Crippen molar-refractivity contribution in [3.05, 3.63) is 65.7 Å². The first kappa shape index (κ1) is 20.2. The van der Waals surface area contributed by atoms with Crippen LogP contribution in [0.15, 0.2) is 54.6 Å². The van der Waals surface area contributed by atoms with Crippen LogP contribution in [0.3, 0.4) is 0 Å². The number of nitrogens with one attached hydrogen (secondary N) is 1. The maximum atomic E-state index is 13.5. The van der Waals surface area contributed by atoms with Crippen LogP contribution in [0.4, 0.5) is 5.69 Å². The number of anilines is 1. The van der Waals surface area contributed by atoms with Crippen molar-refractivity contribution in [1.82, 2.24) is 5.32 Å². The van der Waals surface area contributed by atoms with Gasteiger partial charge in [0.15, 0.2) is 5.54 Å². The molecule has 4 rings (SSSR count). The van der Waals surface area contributed by atoms with E-state index in [1.54, 1.807) is 12.0 Å². The average Bonchev–Trinajstić information content (AvgIpc) is 3.24. The quantitative estimate of drug-likeness (QED) is 0.732. The number of amides is 2. The number of methoxy groups -OCH3 is 1. The van der Waals surface area contributed by atoms with Crippen LogP contribution in [0, 0.1) is 6.92 Å². The van der Waals surface area contributed by atoms with Gasteiger partial charge in [-0.1, -0.05) is 49.2 Å². The first-order chi connectivity index (χ1) is 14.5. The lowest BCUT2D eigenvalue weighted by Crippen LogP contribution is -2.70. The third-order valence-electron chi connectivity index (χ3n) is 6.09. The number of carbonyl (C=O) groups is 2. The summed E-state index contributed by atoms with van der Waals surface area (Å²) in [5.74, 6) is 0.571. The fourth-order valence-corrected chi connectivity index (χ4v) is 4.46. The van der Waals surface area contributed by atoms with Gasteiger partial charge in [0.1, 0.15) is 5.75 Å². The van der Waals surface area contributed by atoms with E-state index < -0.39 is 5.54 Å². The second-order valence-electron chi connectivity index (χ2n) is 8.20. The van der Waals surface area contributed by atoms with Gasteiger partial charge in [-0.25, -0.2) is 0 Å². The van der Waals surface area contributed by atoms with Crippen molar-refractivity contribution in [3.8, 4) is 5.75 Å². The van der Waals surface area contributed by atoms with Gasteiger partial charge in [-0.15, -0.1) is 0 Å². The summed E-state index contributed by atoms with van der Waals surface area (Å²) in [4.78, 5) is 27.9. The average molecular weight is 405 g/mol. The lowest BCUT2D eigenvalue weighted by atomic mass is 9.80. The van der Waals surface area contributed by atoms with E-state index in [1.165, 1.54) is 0 Å². The smallest absolute Gasteiger partial charge is 0.251 e. The third-order valence-corrected chi connectivity index (χ3v) is 6.09. The molecule has 156 valence electrons. The summed E-state index contributed by atoms with van der Waals surface area (Å²) in [5.41, 5.74) is 1.63. The summed E-state index contributed by atoms with van der Waals surface area (Å²) in [6.07, 6.45) is 8.17. The summed E-state index contributed by atoms with van der Waals surface area (Å²) in [5, 5.41) is 3.21. The Kier molecular flexibility index (Phi) is 5.62. The summed E-state index contributed by atoms with van der Waals surface area (Å²) in [6, 6.07) is 15.6. The second kappa shape index (κ2) is 8.34. The molecule has 1 saturated carbocycles. The molecular formula is C25H28N2O3. The fourth-order valence-electron chi connectivity index (χ4n) is 4.46. The molecule has 1 unspecified atom stereocenters. The van der Waals surface area contributed by atoms with Gasteiger partial charge in [-0.05, 0) is 49.6 Å². The van der Waals surface area contributed by atoms with E-state index in [2.05, 4.69) is 5.32 Å². The van der Waals surface area contributed by atoms with Gasteiger partial charge in [0.05, 0.1) is 13.5 Å². The van der Waals surface area contributed by atoms with Crippen molar-refractivity contribution in [3.63, 3.8) is 0 Å². The van der Waals surface area contributed by atoms with Crippen LogP contribution in [0.25, 0.3) is 6.08 Å². The van der Waals surface area contributed by atoms with E-state index >= 15 is 0 Å². The molecule has 5 nitrogen and oxygen atoms in total. The summed E-state index contributed by atoms with van der Waals surface area (Å²) in [7, 11) is 1.63. The van der Waals surface area contributed by atoms with Gasteiger partial charge < -0.3 is 10.1 Å². The molecule has 2 aromatic carbocycles. The highest BCUT2D eigenvalue weighted by molar-refractivity contribution is 6.15. The van der Waals surface area contributed by atoms with Crippen molar-refractivity contribution < 1.29 is 14.3 Å². The molecule has 5 heteroatoms. The normalized spacial score (nSPS) is 21.7. The third kappa shape index (κ3) is 3.72. The molecule has 1 saturated heterocycles. The molecule has 0 radical (unpaired) electrons. The Balaban J connectivity index is 1.72. The largest absolute Gasteiger partial charge is 0.496 e. The molecule has 0 bridgehead atoms. The van der Waals surface area contributed by atoms with Crippen molar-refractivity contribution in [2.45, 2.75) is 50.6 Å². The standard InChI is InChI=1S/C25H28N2O3/c1-18-8-7-12-21(16-18)27-23(28)17-25(27,24(29)26-20-10-4-5-11-20)15-14-19-9-3-6-13-22(19)30-2/h3,6-9,12-16,20H,4-5,10-11,17H2,1-2H3,(H,26,29)/b15-14+. The highest BCUT2D eigenvalue weighted by Gasteiger charge is 2.56. The van der Waals surface area contributed by atoms with Crippen molar-refractivity contribution in [2.24, 2.45) is 0 Å². The Bertz CT molecular complexity index is 978. The van der Waals surface area contributed by atoms with Crippen LogP contribution >= 0.6 is 0 Å². The first-order valence-electron chi connectivity index (χ1n) is 10.6. The van der Waals surface area contributed by atoms with E-state index in [1.807, 2.05) is 67.6 Å². The Morgan fingerprint density at radius 2 is 1.93 bits per heavy atom. The molecule has 1 N–H and O–H groups in total. The van der Waals surface area contributed by atoms with E-state index in [4.69, 9.17) is 4.74 Å². The Morgan fingerprint density at radius 1 is 1.17 bits per heavy atom. The van der Waals surface area contributed by atoms with Crippen molar-refractivity contribution >= 4 is 23.6 Å². The predicted molar refractivity (Wildman–Crippen MR) is 118 cm³/mol. The fraction of sp³-hybridized carbons (Fsp3) is 0.360. The number of para-hydroxylation sites is 1. The Morgan fingerprint density at radius 3 is 2.63 bits per heavy atom. The zero-order chi connectivity index (χ0) is 21.1. The lowest BCUT2D eigenvalue weighted by molar-refractivity contribution is -0.137. The van der Waals surface area contributed by atoms with Gasteiger partial charge >= 0.3 is 0 Å². The summed E-state index contributed by atoms with van der Waals surface area (Å²) in [6.45, 7) is 1.98. The number of benzene rings is 2. The van der Waals surface area contributed by atoms with Gasteiger partial charge in [-0.2, -0.15) is 0 Å². The highest BCUT2D eigenvalue weighted by Crippen LogP contribution is 2.40. The molecule has 1 heterocycles. The van der Waals surface area contributed by atoms with Gasteiger partial charge in [0.25, 0.3) is 5.91 Å². The van der Waals surface area contributed by atoms with E-state index in [-0.39, 0.29) is 24.3 Å². The number of β-lactam (4-membered cyclic amide) rings is 1. The molecule has 2 aromatic rings. The van der Waals surface area contributed by atoms with E-state index in [0.717, 1.165) is 48.2 Å². The zero-order valence-electron chi connectivity index (χ0n) is 17.6. The minimum Gasteiger partial charge on any atom is -0.496 e. The van der Waals surface area contributed by atoms with E-state index in [9.17, 15) is 9.59 Å². The number of ether oxygens (including phenoxy) is 1. The van der Waals surface area contributed by atoms with Crippen molar-refractivity contribution in [2.75, 3.05) is 12.0 Å². The molecule has 1 aliphatic carbocycles. The lowest BCUT2D eigenvalue weighted by Gasteiger charge is -2.49. The highest BCUT2D eigenvalue weighted by atomic mass is 16.5. The van der Waals surface area contributed by atoms with Crippen LogP contribution in [-0.4, -0.2) is 30.5 Å². The Hall–Kier alpha value is -3.08. The van der Waals surface area contributed by atoms with Crippen LogP contribution < -0.4 is 15.0 Å². The molecule has 30 heavy (non-hydrogen) atoms. The number of hydrogen-bond acceptors (Lipinski definition) is 3. The van der Waals surface area contributed by atoms with Gasteiger partial charge in [0, 0.05) is 17.3 Å². The molecule has 2 aliphatic rings. The number of rotatable bonds is 6. The zero-order valence-corrected chi connectivity index (χ0v) is 17.6. The molecule has 2 amide bonds. The summed E-state index contributed by atoms with van der Waals surface area (Å²) >= 11 is 0. The first-order valence-corrected chi connectivity index (χ1v) is 10.6. The SMILES string of the molecule is COc1ccccc1/C=C/C1(C(=O)NC2CCCC2)CC(=O)N1c1cccc(C)c1. The molecular weight excluding hydrogens is 376 g/mol. The molecule has 2 fully saturated rings. The van der Waals surface area contributed by atoms with Crippen LogP contribution in [0.2, 0.25) is 0 Å². The second-order valence-corrected chi connectivity index (χ2v) is 8.20. The number of aryl methyl sites for hydroxylation is 1. The number of carbonyl (C=O) groups excluding carboxylic acids is 2. The molecule has 0 aromatic heterocycles. The summed E-state index contributed by atoms with van der Waals surface area (Å²) < 4.78 is 5.45. The van der Waals surface area contributed by atoms with Crippen LogP contribution in [0.5, 0.6) is 5.75 Å². The Labute approximate surface area is 177 Å². The topological polar surface area (TPSA) is 58.6 Å². The molecule has 0 spiro atoms. The van der Waals surface area contributed by atoms with Crippen molar-refractivity contribution in [1.29, 1.82) is 0 Å². The minimum atomic E-state index is -1.03. The minimum absolute atomic E-state index is 0.0492. The van der Waals surface area contributed by atoms with Gasteiger partial charge in [-0.3, -0.25) is 14.5 Å². The van der Waals surface area contributed by atoms with Gasteiger partial charge in [0.2, 0.25) is 5.91 Å². The molecule has 1 aliphatic heterocycles. The predicted octanol–water partition coefficient (Wildman–Crippen LogP) is 4.25. The van der Waals surface area contributed by atoms with E-state index in [0.29, 0.717) is 0 Å². The maximum Gasteiger partial charge on any atom is 0.251 e. The van der Waals surface area contributed by atoms with Crippen LogP contribution in [-0.2, 0) is 9.59 Å². The van der Waals surface area contributed by atoms with Crippen LogP contribution in [0.1, 0.15) is 43.2 Å². The molecule has 1 atom stereocenters. The number of nitrogens with zero attached hydrogens (tertiary/aromatic N) is 1. The monoisotopic (exact) mass is 404 g/mol.